The fourth-order valence-corrected chi connectivity index (χ4v) is 3.54. The third-order valence-corrected chi connectivity index (χ3v) is 5.12. The summed E-state index contributed by atoms with van der Waals surface area (Å²) in [4.78, 5) is 36.1. The number of hydrogen-bond donors (Lipinski definition) is 0. The Labute approximate surface area is 162 Å². The summed E-state index contributed by atoms with van der Waals surface area (Å²) in [6.07, 6.45) is 1.21. The van der Waals surface area contributed by atoms with E-state index in [4.69, 9.17) is 4.74 Å². The third-order valence-electron chi connectivity index (χ3n) is 4.21. The first-order valence-electron chi connectivity index (χ1n) is 8.87. The molecule has 1 fully saturated rings. The molecule has 2 amide bonds. The molecule has 1 aromatic heterocycles. The summed E-state index contributed by atoms with van der Waals surface area (Å²) in [7, 11) is 0. The molecular formula is C19H22N4O3S. The molecule has 8 heteroatoms. The lowest BCUT2D eigenvalue weighted by Crippen LogP contribution is -2.51. The molecule has 0 unspecified atom stereocenters. The Morgan fingerprint density at radius 2 is 1.78 bits per heavy atom. The van der Waals surface area contributed by atoms with Crippen molar-refractivity contribution in [3.63, 3.8) is 0 Å². The van der Waals surface area contributed by atoms with E-state index in [0.717, 1.165) is 16.3 Å². The Hall–Kier alpha value is -2.61. The molecule has 27 heavy (non-hydrogen) atoms. The quantitative estimate of drug-likeness (QED) is 0.581. The van der Waals surface area contributed by atoms with Crippen molar-refractivity contribution < 1.29 is 14.3 Å². The zero-order valence-electron chi connectivity index (χ0n) is 15.2. The Morgan fingerprint density at radius 3 is 2.48 bits per heavy atom. The maximum absolute atomic E-state index is 12.5. The number of aromatic nitrogens is 2. The fourth-order valence-electron chi connectivity index (χ4n) is 2.77. The predicted molar refractivity (Wildman–Crippen MR) is 103 cm³/mol. The van der Waals surface area contributed by atoms with Gasteiger partial charge in [-0.2, -0.15) is 0 Å². The number of carbonyl (C=O) groups is 2. The highest BCUT2D eigenvalue weighted by atomic mass is 32.2. The van der Waals surface area contributed by atoms with Gasteiger partial charge in [-0.05, 0) is 13.0 Å². The zero-order chi connectivity index (χ0) is 19.1. The van der Waals surface area contributed by atoms with Crippen molar-refractivity contribution in [3.8, 4) is 11.3 Å². The molecule has 1 aliphatic rings. The molecular weight excluding hydrogens is 364 g/mol. The van der Waals surface area contributed by atoms with Gasteiger partial charge in [0, 0.05) is 31.7 Å². The van der Waals surface area contributed by atoms with Gasteiger partial charge in [0.2, 0.25) is 5.91 Å². The fraction of sp³-hybridized carbons (Fsp3) is 0.368. The average molecular weight is 386 g/mol. The van der Waals surface area contributed by atoms with Gasteiger partial charge in [0.25, 0.3) is 0 Å². The molecule has 0 bridgehead atoms. The number of ether oxygens (including phenoxy) is 1. The molecule has 1 aromatic carbocycles. The molecule has 142 valence electrons. The van der Waals surface area contributed by atoms with Gasteiger partial charge in [0.05, 0.1) is 18.1 Å². The van der Waals surface area contributed by atoms with Gasteiger partial charge in [-0.25, -0.2) is 14.8 Å². The second-order valence-corrected chi connectivity index (χ2v) is 6.96. The van der Waals surface area contributed by atoms with Crippen molar-refractivity contribution in [3.05, 3.63) is 42.7 Å². The lowest BCUT2D eigenvalue weighted by atomic mass is 10.1. The van der Waals surface area contributed by atoms with Crippen LogP contribution in [0.15, 0.2) is 47.8 Å². The summed E-state index contributed by atoms with van der Waals surface area (Å²) < 4.78 is 5.00. The molecule has 2 aromatic rings. The van der Waals surface area contributed by atoms with Crippen molar-refractivity contribution in [2.75, 3.05) is 38.5 Å². The molecule has 0 radical (unpaired) electrons. The van der Waals surface area contributed by atoms with E-state index in [1.165, 1.54) is 18.1 Å². The molecule has 0 saturated carbocycles. The first-order valence-corrected chi connectivity index (χ1v) is 9.85. The number of amides is 2. The van der Waals surface area contributed by atoms with E-state index in [1.54, 1.807) is 16.7 Å². The van der Waals surface area contributed by atoms with E-state index in [1.807, 2.05) is 36.4 Å². The van der Waals surface area contributed by atoms with Crippen LogP contribution >= 0.6 is 11.8 Å². The first kappa shape index (κ1) is 19.2. The van der Waals surface area contributed by atoms with Crippen LogP contribution in [0.2, 0.25) is 0 Å². The molecule has 3 rings (SSSR count). The number of rotatable bonds is 5. The Kier molecular flexibility index (Phi) is 6.64. The number of carbonyl (C=O) groups excluding carboxylic acids is 2. The van der Waals surface area contributed by atoms with Gasteiger partial charge in [0.1, 0.15) is 11.4 Å². The molecule has 7 nitrogen and oxygen atoms in total. The molecule has 0 atom stereocenters. The van der Waals surface area contributed by atoms with E-state index in [-0.39, 0.29) is 12.0 Å². The lowest BCUT2D eigenvalue weighted by molar-refractivity contribution is -0.129. The number of thioether (sulfide) groups is 1. The minimum Gasteiger partial charge on any atom is -0.450 e. The normalized spacial score (nSPS) is 14.1. The maximum atomic E-state index is 12.5. The van der Waals surface area contributed by atoms with E-state index in [2.05, 4.69) is 9.97 Å². The summed E-state index contributed by atoms with van der Waals surface area (Å²) in [5.74, 6) is 0.355. The Balaban J connectivity index is 1.51. The second-order valence-electron chi connectivity index (χ2n) is 5.96. The van der Waals surface area contributed by atoms with Crippen LogP contribution in [-0.4, -0.2) is 70.3 Å². The van der Waals surface area contributed by atoms with E-state index in [9.17, 15) is 9.59 Å². The minimum atomic E-state index is -0.312. The largest absolute Gasteiger partial charge is 0.450 e. The smallest absolute Gasteiger partial charge is 0.409 e. The lowest BCUT2D eigenvalue weighted by Gasteiger charge is -2.34. The van der Waals surface area contributed by atoms with Crippen LogP contribution in [0.25, 0.3) is 11.3 Å². The number of piperazine rings is 1. The summed E-state index contributed by atoms with van der Waals surface area (Å²) in [5, 5.41) is 0.766. The van der Waals surface area contributed by atoms with Crippen molar-refractivity contribution in [1.29, 1.82) is 0 Å². The summed E-state index contributed by atoms with van der Waals surface area (Å²) >= 11 is 1.40. The minimum absolute atomic E-state index is 0.0448. The van der Waals surface area contributed by atoms with Gasteiger partial charge in [-0.3, -0.25) is 4.79 Å². The van der Waals surface area contributed by atoms with Crippen LogP contribution in [0, 0.1) is 0 Å². The first-order chi connectivity index (χ1) is 13.2. The standard InChI is InChI=1S/C19H22N4O3S/c1-2-26-19(25)23-10-8-22(9-11-23)18(24)13-27-17-12-16(20-14-21-17)15-6-4-3-5-7-15/h3-7,12,14H,2,8-11,13H2,1H3. The molecule has 1 aliphatic heterocycles. The van der Waals surface area contributed by atoms with Crippen LogP contribution < -0.4 is 0 Å². The van der Waals surface area contributed by atoms with Crippen LogP contribution in [0.4, 0.5) is 4.79 Å². The van der Waals surface area contributed by atoms with Gasteiger partial charge < -0.3 is 14.5 Å². The van der Waals surface area contributed by atoms with Crippen molar-refractivity contribution in [1.82, 2.24) is 19.8 Å². The molecule has 2 heterocycles. The Morgan fingerprint density at radius 1 is 1.07 bits per heavy atom. The number of hydrogen-bond acceptors (Lipinski definition) is 6. The average Bonchev–Trinajstić information content (AvgIpc) is 2.73. The van der Waals surface area contributed by atoms with Crippen LogP contribution in [0.1, 0.15) is 6.92 Å². The number of nitrogens with zero attached hydrogens (tertiary/aromatic N) is 4. The highest BCUT2D eigenvalue weighted by Gasteiger charge is 2.24. The van der Waals surface area contributed by atoms with Gasteiger partial charge in [-0.1, -0.05) is 42.1 Å². The van der Waals surface area contributed by atoms with Crippen molar-refractivity contribution in [2.24, 2.45) is 0 Å². The maximum Gasteiger partial charge on any atom is 0.409 e. The third kappa shape index (κ3) is 5.19. The molecule has 0 aliphatic carbocycles. The second kappa shape index (κ2) is 9.36. The van der Waals surface area contributed by atoms with E-state index >= 15 is 0 Å². The van der Waals surface area contributed by atoms with E-state index in [0.29, 0.717) is 38.5 Å². The van der Waals surface area contributed by atoms with Crippen LogP contribution in [0.3, 0.4) is 0 Å². The van der Waals surface area contributed by atoms with Gasteiger partial charge in [-0.15, -0.1) is 0 Å². The predicted octanol–water partition coefficient (Wildman–Crippen LogP) is 2.54. The molecule has 1 saturated heterocycles. The SMILES string of the molecule is CCOC(=O)N1CCN(C(=O)CSc2cc(-c3ccccc3)ncn2)CC1. The highest BCUT2D eigenvalue weighted by molar-refractivity contribution is 7.99. The van der Waals surface area contributed by atoms with Gasteiger partial charge >= 0.3 is 6.09 Å². The van der Waals surface area contributed by atoms with Crippen molar-refractivity contribution >= 4 is 23.8 Å². The van der Waals surface area contributed by atoms with Crippen molar-refractivity contribution in [2.45, 2.75) is 11.9 Å². The topological polar surface area (TPSA) is 75.6 Å². The molecule has 0 spiro atoms. The van der Waals surface area contributed by atoms with Crippen LogP contribution in [0.5, 0.6) is 0 Å². The number of benzene rings is 1. The van der Waals surface area contributed by atoms with E-state index < -0.39 is 0 Å². The summed E-state index contributed by atoms with van der Waals surface area (Å²) in [5.41, 5.74) is 1.85. The molecule has 0 N–H and O–H groups in total. The highest BCUT2D eigenvalue weighted by Crippen LogP contribution is 2.22. The summed E-state index contributed by atoms with van der Waals surface area (Å²) in [6, 6.07) is 11.8. The summed E-state index contributed by atoms with van der Waals surface area (Å²) in [6.45, 7) is 4.19. The monoisotopic (exact) mass is 386 g/mol. The Bertz CT molecular complexity index is 780. The zero-order valence-corrected chi connectivity index (χ0v) is 16.0. The van der Waals surface area contributed by atoms with Crippen LogP contribution in [-0.2, 0) is 9.53 Å². The van der Waals surface area contributed by atoms with Gasteiger partial charge in [0.15, 0.2) is 0 Å².